The molecular weight excluding hydrogens is 336 g/mol. The molecule has 0 saturated heterocycles. The number of ether oxygens (including phenoxy) is 1. The lowest BCUT2D eigenvalue weighted by Gasteiger charge is -2.30. The Kier molecular flexibility index (Phi) is 3.98. The van der Waals surface area contributed by atoms with Gasteiger partial charge in [-0.2, -0.15) is 0 Å². The number of anilines is 2. The lowest BCUT2D eigenvalue weighted by atomic mass is 10.2. The topological polar surface area (TPSA) is 101 Å². The standard InChI is InChI=1S/C17H20N6O3/c1-10-16(24)22(2)12-6-5-11(8-13(12)26-10)19-17(25)18-9-15-21-20-14-4-3-7-23(14)15/h5-6,8,10H,3-4,7,9H2,1-2H3,(H2,18,19,25). The van der Waals surface area contributed by atoms with Gasteiger partial charge in [0.1, 0.15) is 11.6 Å². The first-order valence-electron chi connectivity index (χ1n) is 8.57. The van der Waals surface area contributed by atoms with E-state index in [-0.39, 0.29) is 11.9 Å². The number of urea groups is 1. The van der Waals surface area contributed by atoms with Gasteiger partial charge < -0.3 is 24.8 Å². The summed E-state index contributed by atoms with van der Waals surface area (Å²) in [5, 5.41) is 13.8. The first-order valence-corrected chi connectivity index (χ1v) is 8.57. The lowest BCUT2D eigenvalue weighted by Crippen LogP contribution is -2.42. The fraction of sp³-hybridized carbons (Fsp3) is 0.412. The molecule has 0 saturated carbocycles. The molecule has 1 atom stereocenters. The highest BCUT2D eigenvalue weighted by Crippen LogP contribution is 2.35. The number of amides is 3. The summed E-state index contributed by atoms with van der Waals surface area (Å²) < 4.78 is 7.66. The number of fused-ring (bicyclic) bond motifs is 2. The summed E-state index contributed by atoms with van der Waals surface area (Å²) in [6.45, 7) is 2.91. The van der Waals surface area contributed by atoms with Crippen molar-refractivity contribution in [1.29, 1.82) is 0 Å². The number of carbonyl (C=O) groups excluding carboxylic acids is 2. The van der Waals surface area contributed by atoms with Gasteiger partial charge in [0.05, 0.1) is 12.2 Å². The van der Waals surface area contributed by atoms with E-state index < -0.39 is 6.10 Å². The molecule has 2 aliphatic rings. The molecule has 3 heterocycles. The van der Waals surface area contributed by atoms with Crippen molar-refractivity contribution in [2.45, 2.75) is 39.0 Å². The number of nitrogens with one attached hydrogen (secondary N) is 2. The fourth-order valence-corrected chi connectivity index (χ4v) is 3.27. The second kappa shape index (κ2) is 6.32. The summed E-state index contributed by atoms with van der Waals surface area (Å²) in [4.78, 5) is 25.7. The Hall–Kier alpha value is -3.10. The molecule has 0 aliphatic carbocycles. The van der Waals surface area contributed by atoms with E-state index in [4.69, 9.17) is 4.74 Å². The first-order chi connectivity index (χ1) is 12.5. The molecule has 4 rings (SSSR count). The van der Waals surface area contributed by atoms with Crippen LogP contribution in [0.4, 0.5) is 16.2 Å². The van der Waals surface area contributed by atoms with Crippen molar-refractivity contribution in [2.75, 3.05) is 17.3 Å². The third-order valence-corrected chi connectivity index (χ3v) is 4.65. The van der Waals surface area contributed by atoms with Gasteiger partial charge in [0.25, 0.3) is 5.91 Å². The van der Waals surface area contributed by atoms with Gasteiger partial charge in [0, 0.05) is 31.8 Å². The second-order valence-corrected chi connectivity index (χ2v) is 6.44. The summed E-state index contributed by atoms with van der Waals surface area (Å²) >= 11 is 0. The van der Waals surface area contributed by atoms with E-state index in [1.165, 1.54) is 0 Å². The second-order valence-electron chi connectivity index (χ2n) is 6.44. The number of rotatable bonds is 3. The van der Waals surface area contributed by atoms with Gasteiger partial charge in [-0.1, -0.05) is 0 Å². The van der Waals surface area contributed by atoms with E-state index in [1.54, 1.807) is 37.1 Å². The van der Waals surface area contributed by atoms with Crippen LogP contribution in [-0.2, 0) is 24.3 Å². The van der Waals surface area contributed by atoms with Crippen molar-refractivity contribution >= 4 is 23.3 Å². The van der Waals surface area contributed by atoms with E-state index in [0.717, 1.165) is 31.0 Å². The highest BCUT2D eigenvalue weighted by molar-refractivity contribution is 6.00. The van der Waals surface area contributed by atoms with Gasteiger partial charge in [-0.15, -0.1) is 10.2 Å². The minimum Gasteiger partial charge on any atom is -0.479 e. The number of benzene rings is 1. The number of aryl methyl sites for hydroxylation is 1. The fourth-order valence-electron chi connectivity index (χ4n) is 3.27. The molecule has 1 unspecified atom stereocenters. The normalized spacial score (nSPS) is 18.2. The third kappa shape index (κ3) is 2.85. The van der Waals surface area contributed by atoms with Crippen LogP contribution in [0.2, 0.25) is 0 Å². The number of hydrogen-bond acceptors (Lipinski definition) is 5. The van der Waals surface area contributed by atoms with Crippen LogP contribution < -0.4 is 20.3 Å². The smallest absolute Gasteiger partial charge is 0.319 e. The van der Waals surface area contributed by atoms with Crippen LogP contribution in [0.25, 0.3) is 0 Å². The predicted octanol–water partition coefficient (Wildman–Crippen LogP) is 1.29. The Bertz CT molecular complexity index is 877. The molecule has 1 aromatic carbocycles. The molecule has 0 fully saturated rings. The maximum absolute atomic E-state index is 12.2. The molecule has 2 N–H and O–H groups in total. The van der Waals surface area contributed by atoms with E-state index in [2.05, 4.69) is 20.8 Å². The zero-order valence-corrected chi connectivity index (χ0v) is 14.7. The number of carbonyl (C=O) groups is 2. The molecule has 0 spiro atoms. The van der Waals surface area contributed by atoms with Crippen LogP contribution in [0.1, 0.15) is 25.0 Å². The summed E-state index contributed by atoms with van der Waals surface area (Å²) in [6, 6.07) is 4.85. The van der Waals surface area contributed by atoms with Gasteiger partial charge >= 0.3 is 6.03 Å². The van der Waals surface area contributed by atoms with E-state index >= 15 is 0 Å². The number of likely N-dealkylation sites (N-methyl/N-ethyl adjacent to an activating group) is 1. The van der Waals surface area contributed by atoms with Crippen LogP contribution in [0.15, 0.2) is 18.2 Å². The number of nitrogens with zero attached hydrogens (tertiary/aromatic N) is 4. The van der Waals surface area contributed by atoms with Crippen molar-refractivity contribution in [3.63, 3.8) is 0 Å². The first kappa shape index (κ1) is 16.4. The van der Waals surface area contributed by atoms with E-state index in [9.17, 15) is 9.59 Å². The van der Waals surface area contributed by atoms with Gasteiger partial charge in [-0.05, 0) is 25.5 Å². The van der Waals surface area contributed by atoms with Crippen molar-refractivity contribution < 1.29 is 14.3 Å². The molecule has 9 nitrogen and oxygen atoms in total. The molecule has 26 heavy (non-hydrogen) atoms. The predicted molar refractivity (Wildman–Crippen MR) is 94.1 cm³/mol. The largest absolute Gasteiger partial charge is 0.479 e. The summed E-state index contributed by atoms with van der Waals surface area (Å²) in [5.41, 5.74) is 1.26. The van der Waals surface area contributed by atoms with E-state index in [1.807, 2.05) is 4.57 Å². The Balaban J connectivity index is 1.40. The Labute approximate surface area is 150 Å². The molecule has 3 amide bonds. The zero-order valence-electron chi connectivity index (χ0n) is 14.7. The quantitative estimate of drug-likeness (QED) is 0.863. The molecule has 0 radical (unpaired) electrons. The van der Waals surface area contributed by atoms with E-state index in [0.29, 0.717) is 23.7 Å². The molecule has 2 aromatic rings. The third-order valence-electron chi connectivity index (χ3n) is 4.65. The highest BCUT2D eigenvalue weighted by Gasteiger charge is 2.29. The van der Waals surface area contributed by atoms with Crippen LogP contribution in [0, 0.1) is 0 Å². The molecular formula is C17H20N6O3. The van der Waals surface area contributed by atoms with Crippen molar-refractivity contribution in [3.8, 4) is 5.75 Å². The molecule has 0 bridgehead atoms. The van der Waals surface area contributed by atoms with Crippen molar-refractivity contribution in [3.05, 3.63) is 29.8 Å². The van der Waals surface area contributed by atoms with Crippen LogP contribution in [0.3, 0.4) is 0 Å². The summed E-state index contributed by atoms with van der Waals surface area (Å²) in [6.07, 6.45) is 1.45. The Morgan fingerprint density at radius 2 is 2.23 bits per heavy atom. The minimum atomic E-state index is -0.549. The highest BCUT2D eigenvalue weighted by atomic mass is 16.5. The van der Waals surface area contributed by atoms with Gasteiger partial charge in [-0.3, -0.25) is 4.79 Å². The average Bonchev–Trinajstić information content (AvgIpc) is 3.22. The van der Waals surface area contributed by atoms with Crippen LogP contribution in [0.5, 0.6) is 5.75 Å². The maximum Gasteiger partial charge on any atom is 0.319 e. The zero-order chi connectivity index (χ0) is 18.3. The Morgan fingerprint density at radius 3 is 3.08 bits per heavy atom. The monoisotopic (exact) mass is 356 g/mol. The SMILES string of the molecule is CC1Oc2cc(NC(=O)NCc3nnc4n3CCC4)ccc2N(C)C1=O. The number of aromatic nitrogens is 3. The molecule has 2 aliphatic heterocycles. The summed E-state index contributed by atoms with van der Waals surface area (Å²) in [7, 11) is 1.71. The molecule has 136 valence electrons. The van der Waals surface area contributed by atoms with Gasteiger partial charge in [0.2, 0.25) is 0 Å². The molecule has 9 heteroatoms. The summed E-state index contributed by atoms with van der Waals surface area (Å²) in [5.74, 6) is 2.20. The molecule has 1 aromatic heterocycles. The lowest BCUT2D eigenvalue weighted by molar-refractivity contribution is -0.125. The minimum absolute atomic E-state index is 0.100. The maximum atomic E-state index is 12.2. The van der Waals surface area contributed by atoms with Crippen LogP contribution in [-0.4, -0.2) is 39.9 Å². The van der Waals surface area contributed by atoms with Gasteiger partial charge in [-0.25, -0.2) is 4.79 Å². The average molecular weight is 356 g/mol. The number of hydrogen-bond donors (Lipinski definition) is 2. The van der Waals surface area contributed by atoms with Crippen LogP contribution >= 0.6 is 0 Å². The van der Waals surface area contributed by atoms with Crippen molar-refractivity contribution in [2.24, 2.45) is 0 Å². The van der Waals surface area contributed by atoms with Crippen molar-refractivity contribution in [1.82, 2.24) is 20.1 Å². The van der Waals surface area contributed by atoms with Gasteiger partial charge in [0.15, 0.2) is 11.9 Å². The Morgan fingerprint density at radius 1 is 1.38 bits per heavy atom.